The van der Waals surface area contributed by atoms with Crippen molar-refractivity contribution in [3.8, 4) is 5.75 Å². The number of phenols is 1. The molecule has 1 N–H and O–H groups in total. The summed E-state index contributed by atoms with van der Waals surface area (Å²) in [6, 6.07) is 7.18. The second-order valence-corrected chi connectivity index (χ2v) is 4.78. The van der Waals surface area contributed by atoms with E-state index >= 15 is 0 Å². The largest absolute Gasteiger partial charge is 0.508 e. The molecule has 1 aromatic carbocycles. The monoisotopic (exact) mass is 325 g/mol. The average molecular weight is 325 g/mol. The molecule has 0 bridgehead atoms. The summed E-state index contributed by atoms with van der Waals surface area (Å²) in [7, 11) is 1.99. The molecule has 0 spiro atoms. The number of phenolic OH excluding ortho intramolecular Hbond substituents is 1. The van der Waals surface area contributed by atoms with E-state index in [9.17, 15) is 5.11 Å². The molecule has 1 aromatic rings. The van der Waals surface area contributed by atoms with E-state index in [0.717, 1.165) is 20.5 Å². The molecule has 82 valence electrons. The van der Waals surface area contributed by atoms with Crippen molar-refractivity contribution in [3.05, 3.63) is 57.8 Å². The second kappa shape index (κ2) is 4.33. The molecule has 1 heterocycles. The molecule has 0 saturated heterocycles. The molecule has 2 nitrogen and oxygen atoms in total. The molecule has 0 aromatic heterocycles. The van der Waals surface area contributed by atoms with Crippen LogP contribution in [0.1, 0.15) is 5.56 Å². The van der Waals surface area contributed by atoms with Crippen LogP contribution in [-0.4, -0.2) is 17.1 Å². The minimum absolute atomic E-state index is 0.284. The number of benzene rings is 1. The van der Waals surface area contributed by atoms with Crippen LogP contribution in [0, 0.1) is 0 Å². The number of nitrogens with zero attached hydrogens (tertiary/aromatic N) is 1. The highest BCUT2D eigenvalue weighted by atomic mass is 127. The quantitative estimate of drug-likeness (QED) is 0.799. The van der Waals surface area contributed by atoms with Crippen molar-refractivity contribution in [1.82, 2.24) is 4.90 Å². The summed E-state index contributed by atoms with van der Waals surface area (Å²) >= 11 is 2.27. The molecular formula is C13H12INO. The fraction of sp³-hybridized carbons (Fsp3) is 0.0769. The third-order valence-electron chi connectivity index (χ3n) is 2.59. The van der Waals surface area contributed by atoms with Gasteiger partial charge in [-0.3, -0.25) is 0 Å². The number of rotatable bonds is 1. The van der Waals surface area contributed by atoms with Crippen molar-refractivity contribution in [3.63, 3.8) is 0 Å². The van der Waals surface area contributed by atoms with E-state index in [1.807, 2.05) is 30.2 Å². The Balaban J connectivity index is 2.42. The second-order valence-electron chi connectivity index (χ2n) is 3.62. The molecule has 0 amide bonds. The number of hydrogen-bond acceptors (Lipinski definition) is 2. The van der Waals surface area contributed by atoms with Crippen molar-refractivity contribution in [2.45, 2.75) is 0 Å². The lowest BCUT2D eigenvalue weighted by Gasteiger charge is -2.27. The summed E-state index contributed by atoms with van der Waals surface area (Å²) in [5.41, 5.74) is 3.15. The fourth-order valence-corrected chi connectivity index (χ4v) is 2.13. The molecule has 0 fully saturated rings. The Morgan fingerprint density at radius 1 is 1.19 bits per heavy atom. The van der Waals surface area contributed by atoms with Crippen LogP contribution in [0.4, 0.5) is 0 Å². The summed E-state index contributed by atoms with van der Waals surface area (Å²) in [5.74, 6) is 0.284. The zero-order valence-corrected chi connectivity index (χ0v) is 11.1. The maximum absolute atomic E-state index is 9.25. The smallest absolute Gasteiger partial charge is 0.115 e. The Hall–Kier alpha value is -1.23. The minimum atomic E-state index is 0.284. The molecule has 1 aliphatic rings. The predicted molar refractivity (Wildman–Crippen MR) is 75.1 cm³/mol. The number of likely N-dealkylation sites (N-methyl/N-ethyl adjacent to an activating group) is 1. The Morgan fingerprint density at radius 3 is 2.44 bits per heavy atom. The Kier molecular flexibility index (Phi) is 3.05. The zero-order chi connectivity index (χ0) is 11.7. The Bertz CT molecular complexity index is 485. The van der Waals surface area contributed by atoms with Gasteiger partial charge in [0.05, 0.1) is 0 Å². The third kappa shape index (κ3) is 2.00. The van der Waals surface area contributed by atoms with Crippen LogP contribution >= 0.6 is 22.6 Å². The molecule has 16 heavy (non-hydrogen) atoms. The molecule has 2 rings (SSSR count). The summed E-state index contributed by atoms with van der Waals surface area (Å²) in [6.45, 7) is 4.03. The van der Waals surface area contributed by atoms with Gasteiger partial charge in [0, 0.05) is 22.0 Å². The predicted octanol–water partition coefficient (Wildman–Crippen LogP) is 3.51. The van der Waals surface area contributed by atoms with Crippen LogP contribution in [-0.2, 0) is 0 Å². The van der Waals surface area contributed by atoms with Crippen molar-refractivity contribution in [2.24, 2.45) is 0 Å². The van der Waals surface area contributed by atoms with Gasteiger partial charge < -0.3 is 10.0 Å². The maximum Gasteiger partial charge on any atom is 0.115 e. The van der Waals surface area contributed by atoms with E-state index in [0.29, 0.717) is 0 Å². The molecule has 1 aliphatic heterocycles. The van der Waals surface area contributed by atoms with Gasteiger partial charge in [-0.05, 0) is 64.6 Å². The fourth-order valence-electron chi connectivity index (χ4n) is 1.59. The molecule has 0 radical (unpaired) electrons. The topological polar surface area (TPSA) is 23.5 Å². The first-order valence-electron chi connectivity index (χ1n) is 4.89. The average Bonchev–Trinajstić information content (AvgIpc) is 2.28. The standard InChI is InChI=1S/C13H12INO/c1-9-12(14)7-8-13(15(9)2)10-3-5-11(16)6-4-10/h3-8,16H,1H2,2H3. The SMILES string of the molecule is C=C1C(I)=CC=C(c2ccc(O)cc2)N1C. The van der Waals surface area contributed by atoms with Gasteiger partial charge in [-0.15, -0.1) is 0 Å². The van der Waals surface area contributed by atoms with Gasteiger partial charge >= 0.3 is 0 Å². The van der Waals surface area contributed by atoms with E-state index in [4.69, 9.17) is 0 Å². The summed E-state index contributed by atoms with van der Waals surface area (Å²) < 4.78 is 1.14. The van der Waals surface area contributed by atoms with Crippen molar-refractivity contribution in [1.29, 1.82) is 0 Å². The van der Waals surface area contributed by atoms with Crippen LogP contribution in [0.5, 0.6) is 5.75 Å². The van der Waals surface area contributed by atoms with Crippen LogP contribution in [0.3, 0.4) is 0 Å². The van der Waals surface area contributed by atoms with Crippen LogP contribution in [0.15, 0.2) is 52.3 Å². The Labute approximate surface area is 109 Å². The lowest BCUT2D eigenvalue weighted by atomic mass is 10.1. The van der Waals surface area contributed by atoms with E-state index in [1.165, 1.54) is 0 Å². The van der Waals surface area contributed by atoms with Crippen LogP contribution < -0.4 is 0 Å². The summed E-state index contributed by atoms with van der Waals surface area (Å²) in [4.78, 5) is 2.05. The molecule has 0 aliphatic carbocycles. The van der Waals surface area contributed by atoms with E-state index < -0.39 is 0 Å². The highest BCUT2D eigenvalue weighted by Gasteiger charge is 2.15. The van der Waals surface area contributed by atoms with Crippen molar-refractivity contribution < 1.29 is 5.11 Å². The molecule has 0 unspecified atom stereocenters. The zero-order valence-electron chi connectivity index (χ0n) is 8.94. The number of allylic oxidation sites excluding steroid dienone is 3. The highest BCUT2D eigenvalue weighted by Crippen LogP contribution is 2.32. The summed E-state index contributed by atoms with van der Waals surface area (Å²) in [5, 5.41) is 9.25. The first-order chi connectivity index (χ1) is 7.59. The summed E-state index contributed by atoms with van der Waals surface area (Å²) in [6.07, 6.45) is 4.11. The molecule has 0 saturated carbocycles. The third-order valence-corrected chi connectivity index (χ3v) is 3.57. The number of aromatic hydroxyl groups is 1. The van der Waals surface area contributed by atoms with Gasteiger partial charge in [-0.2, -0.15) is 0 Å². The molecule has 0 atom stereocenters. The first-order valence-corrected chi connectivity index (χ1v) is 5.97. The van der Waals surface area contributed by atoms with Gasteiger partial charge in [-0.25, -0.2) is 0 Å². The van der Waals surface area contributed by atoms with E-state index in [1.54, 1.807) is 12.1 Å². The maximum atomic E-state index is 9.25. The lowest BCUT2D eigenvalue weighted by molar-refractivity contribution is 0.475. The number of hydrogen-bond donors (Lipinski definition) is 1. The molecule has 3 heteroatoms. The minimum Gasteiger partial charge on any atom is -0.508 e. The normalized spacial score (nSPS) is 15.9. The van der Waals surface area contributed by atoms with E-state index in [2.05, 4.69) is 35.2 Å². The van der Waals surface area contributed by atoms with Crippen LogP contribution in [0.2, 0.25) is 0 Å². The van der Waals surface area contributed by atoms with Gasteiger partial charge in [0.1, 0.15) is 5.75 Å². The van der Waals surface area contributed by atoms with E-state index in [-0.39, 0.29) is 5.75 Å². The lowest BCUT2D eigenvalue weighted by Crippen LogP contribution is -2.17. The van der Waals surface area contributed by atoms with Crippen LogP contribution in [0.25, 0.3) is 5.70 Å². The van der Waals surface area contributed by atoms with Crippen molar-refractivity contribution >= 4 is 28.3 Å². The highest BCUT2D eigenvalue weighted by molar-refractivity contribution is 14.1. The Morgan fingerprint density at radius 2 is 1.81 bits per heavy atom. The number of halogens is 1. The van der Waals surface area contributed by atoms with Gasteiger partial charge in [0.25, 0.3) is 0 Å². The van der Waals surface area contributed by atoms with Gasteiger partial charge in [-0.1, -0.05) is 6.58 Å². The van der Waals surface area contributed by atoms with Gasteiger partial charge in [0.15, 0.2) is 0 Å². The first kappa shape index (κ1) is 11.3. The van der Waals surface area contributed by atoms with Crippen molar-refractivity contribution in [2.75, 3.05) is 7.05 Å². The molecular weight excluding hydrogens is 313 g/mol. The van der Waals surface area contributed by atoms with Gasteiger partial charge in [0.2, 0.25) is 0 Å².